The molecule has 3 rings (SSSR count). The number of amides is 1. The van der Waals surface area contributed by atoms with E-state index in [1.807, 2.05) is 19.9 Å². The molecule has 0 fully saturated rings. The predicted octanol–water partition coefficient (Wildman–Crippen LogP) is 3.61. The van der Waals surface area contributed by atoms with Gasteiger partial charge in [0.1, 0.15) is 5.75 Å². The molecular formula is C21H23NO4. The number of nitrogens with one attached hydrogen (secondary N) is 1. The lowest BCUT2D eigenvalue weighted by Gasteiger charge is -2.20. The summed E-state index contributed by atoms with van der Waals surface area (Å²) in [6.07, 6.45) is -0.00629. The van der Waals surface area contributed by atoms with Gasteiger partial charge in [0.25, 0.3) is 5.91 Å². The minimum atomic E-state index is -0.978. The van der Waals surface area contributed by atoms with Crippen LogP contribution in [0.2, 0.25) is 0 Å². The van der Waals surface area contributed by atoms with Crippen molar-refractivity contribution in [2.24, 2.45) is 0 Å². The first-order valence-electron chi connectivity index (χ1n) is 8.60. The zero-order chi connectivity index (χ0) is 19.1. The zero-order valence-corrected chi connectivity index (χ0v) is 15.4. The molecule has 1 aliphatic rings. The normalized spacial score (nSPS) is 15.9. The largest absolute Gasteiger partial charge is 0.481 e. The van der Waals surface area contributed by atoms with Gasteiger partial charge in [0.2, 0.25) is 0 Å². The van der Waals surface area contributed by atoms with Crippen LogP contribution in [-0.4, -0.2) is 23.1 Å². The Balaban J connectivity index is 1.69. The first kappa shape index (κ1) is 18.0. The minimum Gasteiger partial charge on any atom is -0.481 e. The highest BCUT2D eigenvalue weighted by Crippen LogP contribution is 2.32. The fourth-order valence-electron chi connectivity index (χ4n) is 2.98. The number of aliphatic carboxylic acids is 1. The first-order valence-corrected chi connectivity index (χ1v) is 8.60. The molecule has 0 bridgehead atoms. The molecule has 26 heavy (non-hydrogen) atoms. The van der Waals surface area contributed by atoms with Crippen LogP contribution in [-0.2, 0) is 21.4 Å². The molecule has 0 saturated heterocycles. The summed E-state index contributed by atoms with van der Waals surface area (Å²) in [7, 11) is 0. The third-order valence-corrected chi connectivity index (χ3v) is 5.05. The standard InChI is InChI=1S/C21H23NO4/c1-12-9-14-11-18(26-17(14)10-13(12)2)19(23)22-16-7-5-15(6-8-16)21(3,4)20(24)25/h5-10,18H,11H2,1-4H3,(H,22,23)(H,24,25). The van der Waals surface area contributed by atoms with Crippen LogP contribution in [0.15, 0.2) is 36.4 Å². The topological polar surface area (TPSA) is 75.6 Å². The number of benzene rings is 2. The Morgan fingerprint density at radius 3 is 2.35 bits per heavy atom. The number of anilines is 1. The highest BCUT2D eigenvalue weighted by molar-refractivity contribution is 5.95. The fraction of sp³-hybridized carbons (Fsp3) is 0.333. The predicted molar refractivity (Wildman–Crippen MR) is 99.8 cm³/mol. The molecule has 1 aliphatic heterocycles. The Morgan fingerprint density at radius 2 is 1.73 bits per heavy atom. The first-order chi connectivity index (χ1) is 12.2. The van der Waals surface area contributed by atoms with Gasteiger partial charge in [0.05, 0.1) is 5.41 Å². The van der Waals surface area contributed by atoms with Gasteiger partial charge in [-0.1, -0.05) is 18.2 Å². The van der Waals surface area contributed by atoms with Crippen molar-refractivity contribution in [3.8, 4) is 5.75 Å². The second-order valence-electron chi connectivity index (χ2n) is 7.35. The van der Waals surface area contributed by atoms with Gasteiger partial charge < -0.3 is 15.2 Å². The van der Waals surface area contributed by atoms with Crippen molar-refractivity contribution < 1.29 is 19.4 Å². The number of carboxylic acid groups (broad SMARTS) is 1. The number of hydrogen-bond donors (Lipinski definition) is 2. The summed E-state index contributed by atoms with van der Waals surface area (Å²) in [4.78, 5) is 23.8. The van der Waals surface area contributed by atoms with Crippen LogP contribution in [0.4, 0.5) is 5.69 Å². The van der Waals surface area contributed by atoms with E-state index in [2.05, 4.69) is 11.4 Å². The minimum absolute atomic E-state index is 0.207. The molecule has 0 saturated carbocycles. The Kier molecular flexibility index (Phi) is 4.48. The summed E-state index contributed by atoms with van der Waals surface area (Å²) in [5.41, 5.74) is 3.69. The summed E-state index contributed by atoms with van der Waals surface area (Å²) >= 11 is 0. The average Bonchev–Trinajstić information content (AvgIpc) is 2.98. The molecule has 5 heteroatoms. The average molecular weight is 353 g/mol. The van der Waals surface area contributed by atoms with Crippen molar-refractivity contribution in [1.29, 1.82) is 0 Å². The molecule has 0 aliphatic carbocycles. The lowest BCUT2D eigenvalue weighted by atomic mass is 9.85. The van der Waals surface area contributed by atoms with E-state index in [4.69, 9.17) is 4.74 Å². The van der Waals surface area contributed by atoms with Gasteiger partial charge in [-0.25, -0.2) is 0 Å². The summed E-state index contributed by atoms with van der Waals surface area (Å²) in [6.45, 7) is 7.36. The second-order valence-corrected chi connectivity index (χ2v) is 7.35. The molecule has 2 N–H and O–H groups in total. The molecule has 0 aromatic heterocycles. The van der Waals surface area contributed by atoms with Gasteiger partial charge in [0, 0.05) is 12.1 Å². The summed E-state index contributed by atoms with van der Waals surface area (Å²) in [5.74, 6) is -0.328. The molecule has 5 nitrogen and oxygen atoms in total. The monoisotopic (exact) mass is 353 g/mol. The van der Waals surface area contributed by atoms with Crippen molar-refractivity contribution in [3.63, 3.8) is 0 Å². The van der Waals surface area contributed by atoms with E-state index in [0.29, 0.717) is 17.7 Å². The Hall–Kier alpha value is -2.82. The molecule has 1 heterocycles. The van der Waals surface area contributed by atoms with E-state index in [0.717, 1.165) is 16.9 Å². The number of hydrogen-bond acceptors (Lipinski definition) is 3. The molecule has 0 spiro atoms. The molecule has 1 atom stereocenters. The quantitative estimate of drug-likeness (QED) is 0.880. The number of carboxylic acids is 1. The number of rotatable bonds is 4. The maximum atomic E-state index is 12.5. The van der Waals surface area contributed by atoms with Crippen LogP contribution >= 0.6 is 0 Å². The Morgan fingerprint density at radius 1 is 1.12 bits per heavy atom. The molecule has 0 radical (unpaired) electrons. The van der Waals surface area contributed by atoms with E-state index < -0.39 is 17.5 Å². The highest BCUT2D eigenvalue weighted by atomic mass is 16.5. The molecule has 136 valence electrons. The van der Waals surface area contributed by atoms with Crippen molar-refractivity contribution in [1.82, 2.24) is 0 Å². The van der Waals surface area contributed by atoms with Crippen LogP contribution < -0.4 is 10.1 Å². The van der Waals surface area contributed by atoms with Gasteiger partial charge in [0.15, 0.2) is 6.10 Å². The van der Waals surface area contributed by atoms with Crippen LogP contribution in [0, 0.1) is 13.8 Å². The maximum absolute atomic E-state index is 12.5. The van der Waals surface area contributed by atoms with Gasteiger partial charge in [-0.3, -0.25) is 9.59 Å². The van der Waals surface area contributed by atoms with Gasteiger partial charge in [-0.05, 0) is 68.1 Å². The molecule has 1 amide bonds. The maximum Gasteiger partial charge on any atom is 0.313 e. The summed E-state index contributed by atoms with van der Waals surface area (Å²) < 4.78 is 5.80. The van der Waals surface area contributed by atoms with Crippen molar-refractivity contribution in [2.45, 2.75) is 45.6 Å². The Bertz CT molecular complexity index is 837. The molecular weight excluding hydrogens is 330 g/mol. The van der Waals surface area contributed by atoms with Crippen LogP contribution in [0.5, 0.6) is 5.75 Å². The zero-order valence-electron chi connectivity index (χ0n) is 15.4. The number of carbonyl (C=O) groups excluding carboxylic acids is 1. The molecule has 1 unspecified atom stereocenters. The lowest BCUT2D eigenvalue weighted by molar-refractivity contribution is -0.142. The van der Waals surface area contributed by atoms with Crippen LogP contribution in [0.3, 0.4) is 0 Å². The van der Waals surface area contributed by atoms with E-state index in [9.17, 15) is 14.7 Å². The number of aryl methyl sites for hydroxylation is 2. The molecule has 2 aromatic carbocycles. The number of fused-ring (bicyclic) bond motifs is 1. The number of ether oxygens (including phenoxy) is 1. The van der Waals surface area contributed by atoms with Gasteiger partial charge in [-0.2, -0.15) is 0 Å². The van der Waals surface area contributed by atoms with Gasteiger partial charge >= 0.3 is 5.97 Å². The Labute approximate surface area is 153 Å². The van der Waals surface area contributed by atoms with Crippen LogP contribution in [0.25, 0.3) is 0 Å². The SMILES string of the molecule is Cc1cc2c(cc1C)OC(C(=O)Nc1ccc(C(C)(C)C(=O)O)cc1)C2. The van der Waals surface area contributed by atoms with Crippen molar-refractivity contribution in [3.05, 3.63) is 58.7 Å². The fourth-order valence-corrected chi connectivity index (χ4v) is 2.98. The summed E-state index contributed by atoms with van der Waals surface area (Å²) in [6, 6.07) is 10.9. The number of carbonyl (C=O) groups is 2. The third-order valence-electron chi connectivity index (χ3n) is 5.05. The van der Waals surface area contributed by atoms with E-state index in [1.54, 1.807) is 38.1 Å². The third kappa shape index (κ3) is 3.29. The molecule has 2 aromatic rings. The smallest absolute Gasteiger partial charge is 0.313 e. The van der Waals surface area contributed by atoms with Crippen molar-refractivity contribution >= 4 is 17.6 Å². The van der Waals surface area contributed by atoms with Crippen molar-refractivity contribution in [2.75, 3.05) is 5.32 Å². The van der Waals surface area contributed by atoms with E-state index in [1.165, 1.54) is 5.56 Å². The van der Waals surface area contributed by atoms with Gasteiger partial charge in [-0.15, -0.1) is 0 Å². The second kappa shape index (κ2) is 6.48. The van der Waals surface area contributed by atoms with E-state index >= 15 is 0 Å². The summed E-state index contributed by atoms with van der Waals surface area (Å²) in [5, 5.41) is 12.1. The van der Waals surface area contributed by atoms with Crippen LogP contribution in [0.1, 0.15) is 36.1 Å². The lowest BCUT2D eigenvalue weighted by Crippen LogP contribution is -2.31. The van der Waals surface area contributed by atoms with E-state index in [-0.39, 0.29) is 5.91 Å². The highest BCUT2D eigenvalue weighted by Gasteiger charge is 2.31.